The summed E-state index contributed by atoms with van der Waals surface area (Å²) in [5.74, 6) is 1.78. The minimum atomic E-state index is -0.323. The van der Waals surface area contributed by atoms with Gasteiger partial charge < -0.3 is 8.83 Å². The average molecular weight is 726 g/mol. The van der Waals surface area contributed by atoms with E-state index in [-0.39, 0.29) is 10.8 Å². The van der Waals surface area contributed by atoms with Gasteiger partial charge in [0.25, 0.3) is 0 Å². The first-order valence-corrected chi connectivity index (χ1v) is 19.0. The maximum absolute atomic E-state index is 6.89. The topological polar surface area (TPSA) is 65.0 Å². The van der Waals surface area contributed by atoms with Gasteiger partial charge in [0.1, 0.15) is 22.3 Å². The first-order valence-electron chi connectivity index (χ1n) is 19.0. The third-order valence-corrected chi connectivity index (χ3v) is 11.9. The van der Waals surface area contributed by atoms with Gasteiger partial charge in [0.15, 0.2) is 17.5 Å². The highest BCUT2D eigenvalue weighted by molar-refractivity contribution is 6.12. The van der Waals surface area contributed by atoms with Crippen molar-refractivity contribution in [1.29, 1.82) is 0 Å². The Morgan fingerprint density at radius 3 is 2.04 bits per heavy atom. The van der Waals surface area contributed by atoms with Crippen LogP contribution >= 0.6 is 0 Å². The highest BCUT2D eigenvalue weighted by atomic mass is 16.3. The van der Waals surface area contributed by atoms with E-state index in [4.69, 9.17) is 23.8 Å². The van der Waals surface area contributed by atoms with E-state index in [0.29, 0.717) is 17.5 Å². The number of hydrogen-bond donors (Lipinski definition) is 0. The van der Waals surface area contributed by atoms with Crippen molar-refractivity contribution >= 4 is 49.5 Å². The van der Waals surface area contributed by atoms with Crippen LogP contribution in [0.15, 0.2) is 167 Å². The Bertz CT molecular complexity index is 3120. The molecule has 6 aromatic carbocycles. The summed E-state index contributed by atoms with van der Waals surface area (Å²) in [6.07, 6.45) is 3.99. The summed E-state index contributed by atoms with van der Waals surface area (Å²) in [5, 5.41) is 4.20. The van der Waals surface area contributed by atoms with Crippen molar-refractivity contribution < 1.29 is 8.83 Å². The van der Waals surface area contributed by atoms with Crippen LogP contribution in [-0.2, 0) is 5.41 Å². The highest BCUT2D eigenvalue weighted by Gasteiger charge is 2.50. The lowest BCUT2D eigenvalue weighted by Gasteiger charge is -2.41. The van der Waals surface area contributed by atoms with Crippen molar-refractivity contribution in [2.45, 2.75) is 33.1 Å². The molecule has 1 unspecified atom stereocenters. The standard InChI is InChI=1S/C51H39N3O2/c1-7-15-40-30(2)35-26-27-37-36-25-24-33(29-43(36)56-46(37)45(35)51(40,6)50(3,4)5)32-18-13-19-34(28-32)48-52-47(31-16-9-8-10-17-31)53-49(54-48)39-21-14-23-42-44(39)38-20-11-12-22-41(38)55-42/h7-29H,1-2H2,3-6H3/b40-15+. The number of fused-ring (bicyclic) bond motifs is 8. The second-order valence-corrected chi connectivity index (χ2v) is 15.9. The molecule has 0 bridgehead atoms. The SMILES string of the molecule is C=C/C=C1\C(=C)c2ccc3c(oc4cc(-c5cccc(-c6nc(-c7ccccc7)nc(-c7cccc8oc9ccccc9c78)n6)c5)ccc43)c2C1(C)C(C)(C)C. The van der Waals surface area contributed by atoms with E-state index < -0.39 is 0 Å². The van der Waals surface area contributed by atoms with Crippen LogP contribution in [0.5, 0.6) is 0 Å². The Kier molecular flexibility index (Phi) is 7.42. The lowest BCUT2D eigenvalue weighted by atomic mass is 9.62. The number of furan rings is 2. The maximum atomic E-state index is 6.89. The molecule has 0 saturated heterocycles. The molecule has 0 aliphatic heterocycles. The third kappa shape index (κ3) is 4.97. The van der Waals surface area contributed by atoms with Crippen LogP contribution in [0.4, 0.5) is 0 Å². The Hall–Kier alpha value is -6.85. The van der Waals surface area contributed by atoms with Crippen molar-refractivity contribution in [1.82, 2.24) is 15.0 Å². The molecular weight excluding hydrogens is 687 g/mol. The molecule has 10 rings (SSSR count). The number of benzene rings is 6. The largest absolute Gasteiger partial charge is 0.456 e. The van der Waals surface area contributed by atoms with Crippen LogP contribution in [0, 0.1) is 5.41 Å². The molecule has 5 nitrogen and oxygen atoms in total. The molecular formula is C51H39N3O2. The number of aromatic nitrogens is 3. The normalized spacial score (nSPS) is 16.4. The second-order valence-electron chi connectivity index (χ2n) is 15.9. The van der Waals surface area contributed by atoms with E-state index in [0.717, 1.165) is 82.8 Å². The molecule has 5 heteroatoms. The molecule has 3 aromatic heterocycles. The van der Waals surface area contributed by atoms with Crippen molar-refractivity contribution in [2.75, 3.05) is 0 Å². The van der Waals surface area contributed by atoms with E-state index in [1.54, 1.807) is 0 Å². The predicted octanol–water partition coefficient (Wildman–Crippen LogP) is 13.8. The van der Waals surface area contributed by atoms with Gasteiger partial charge in [0, 0.05) is 49.2 Å². The van der Waals surface area contributed by atoms with Crippen LogP contribution < -0.4 is 0 Å². The van der Waals surface area contributed by atoms with Crippen LogP contribution in [-0.4, -0.2) is 15.0 Å². The van der Waals surface area contributed by atoms with E-state index in [9.17, 15) is 0 Å². The summed E-state index contributed by atoms with van der Waals surface area (Å²) in [6, 6.07) is 43.5. The van der Waals surface area contributed by atoms with Gasteiger partial charge in [-0.1, -0.05) is 144 Å². The van der Waals surface area contributed by atoms with E-state index in [1.165, 1.54) is 11.1 Å². The molecule has 0 fully saturated rings. The van der Waals surface area contributed by atoms with E-state index in [1.807, 2.05) is 66.7 Å². The third-order valence-electron chi connectivity index (χ3n) is 11.9. The quantitative estimate of drug-likeness (QED) is 0.177. The zero-order chi connectivity index (χ0) is 38.3. The Labute approximate surface area is 325 Å². The van der Waals surface area contributed by atoms with Crippen molar-refractivity contribution in [3.05, 3.63) is 169 Å². The van der Waals surface area contributed by atoms with Gasteiger partial charge in [-0.3, -0.25) is 0 Å². The van der Waals surface area contributed by atoms with E-state index in [2.05, 4.69) is 114 Å². The van der Waals surface area contributed by atoms with Crippen LogP contribution in [0.25, 0.3) is 94.7 Å². The summed E-state index contributed by atoms with van der Waals surface area (Å²) in [4.78, 5) is 15.2. The summed E-state index contributed by atoms with van der Waals surface area (Å²) >= 11 is 0. The lowest BCUT2D eigenvalue weighted by Crippen LogP contribution is -2.36. The molecule has 0 saturated carbocycles. The molecule has 1 aliphatic carbocycles. The summed E-state index contributed by atoms with van der Waals surface area (Å²) in [5.41, 5.74) is 12.3. The molecule has 0 N–H and O–H groups in total. The molecule has 1 aliphatic rings. The minimum absolute atomic E-state index is 0.108. The van der Waals surface area contributed by atoms with Gasteiger partial charge in [-0.15, -0.1) is 0 Å². The Morgan fingerprint density at radius 1 is 0.571 bits per heavy atom. The molecule has 0 amide bonds. The number of hydrogen-bond acceptors (Lipinski definition) is 5. The van der Waals surface area contributed by atoms with Crippen molar-refractivity contribution in [3.8, 4) is 45.3 Å². The summed E-state index contributed by atoms with van der Waals surface area (Å²) in [6.45, 7) is 17.8. The lowest BCUT2D eigenvalue weighted by molar-refractivity contribution is 0.255. The smallest absolute Gasteiger partial charge is 0.164 e. The minimum Gasteiger partial charge on any atom is -0.456 e. The predicted molar refractivity (Wildman–Crippen MR) is 230 cm³/mol. The molecule has 270 valence electrons. The number of nitrogens with zero attached hydrogens (tertiary/aromatic N) is 3. The average Bonchev–Trinajstić information content (AvgIpc) is 3.86. The number of rotatable bonds is 5. The zero-order valence-electron chi connectivity index (χ0n) is 31.9. The molecule has 9 aromatic rings. The summed E-state index contributed by atoms with van der Waals surface area (Å²) < 4.78 is 13.1. The van der Waals surface area contributed by atoms with Gasteiger partial charge in [0.2, 0.25) is 0 Å². The second kappa shape index (κ2) is 12.3. The van der Waals surface area contributed by atoms with Crippen LogP contribution in [0.3, 0.4) is 0 Å². The van der Waals surface area contributed by atoms with E-state index >= 15 is 0 Å². The van der Waals surface area contributed by atoms with Crippen LogP contribution in [0.2, 0.25) is 0 Å². The van der Waals surface area contributed by atoms with Crippen molar-refractivity contribution in [3.63, 3.8) is 0 Å². The first-order chi connectivity index (χ1) is 27.1. The van der Waals surface area contributed by atoms with Gasteiger partial charge in [-0.25, -0.2) is 15.0 Å². The number of para-hydroxylation sites is 1. The van der Waals surface area contributed by atoms with Crippen LogP contribution in [0.1, 0.15) is 38.8 Å². The monoisotopic (exact) mass is 725 g/mol. The first kappa shape index (κ1) is 33.7. The summed E-state index contributed by atoms with van der Waals surface area (Å²) in [7, 11) is 0. The number of allylic oxidation sites excluding steroid dienone is 4. The fourth-order valence-electron chi connectivity index (χ4n) is 8.65. The fraction of sp³-hybridized carbons (Fsp3) is 0.118. The van der Waals surface area contributed by atoms with Gasteiger partial charge >= 0.3 is 0 Å². The molecule has 3 heterocycles. The van der Waals surface area contributed by atoms with Gasteiger partial charge in [-0.05, 0) is 69.6 Å². The van der Waals surface area contributed by atoms with Crippen molar-refractivity contribution in [2.24, 2.45) is 5.41 Å². The molecule has 56 heavy (non-hydrogen) atoms. The molecule has 0 spiro atoms. The fourth-order valence-corrected chi connectivity index (χ4v) is 8.65. The Morgan fingerprint density at radius 2 is 1.23 bits per heavy atom. The maximum Gasteiger partial charge on any atom is 0.164 e. The highest BCUT2D eigenvalue weighted by Crippen LogP contribution is 2.60. The zero-order valence-corrected chi connectivity index (χ0v) is 31.9. The van der Waals surface area contributed by atoms with Gasteiger partial charge in [-0.2, -0.15) is 0 Å². The van der Waals surface area contributed by atoms with Gasteiger partial charge in [0.05, 0.1) is 0 Å². The molecule has 0 radical (unpaired) electrons. The Balaban J connectivity index is 1.11. The molecule has 1 atom stereocenters.